The number of hydrogen-bond acceptors (Lipinski definition) is 2. The molecule has 12 aromatic rings. The number of benzene rings is 11. The molecule has 0 saturated heterocycles. The van der Waals surface area contributed by atoms with Gasteiger partial charge in [-0.15, -0.1) is 11.3 Å². The summed E-state index contributed by atoms with van der Waals surface area (Å²) in [7, 11) is 0. The van der Waals surface area contributed by atoms with Crippen LogP contribution in [0.1, 0.15) is 44.5 Å². The Balaban J connectivity index is 1.03. The predicted molar refractivity (Wildman–Crippen MR) is 294 cm³/mol. The standard InChI is InChI=1S/C68H45NS/c1-4-21-48(22-5-1)67(60-33-14-10-28-54(60)55-29-11-15-34-61(55)67)51-39-41-52(42-40-51)69(53-27-18-20-46(44-53)47-38-43-65-59(45-47)57-31-13-17-37-64(57)70-65)63-36-19-32-58-56-30-12-16-35-62(56)68(66(58)63,49-23-6-2-7-24-49)50-25-8-3-9-26-50/h1-45H. The van der Waals surface area contributed by atoms with Crippen molar-refractivity contribution in [3.05, 3.63) is 317 Å². The third kappa shape index (κ3) is 5.84. The summed E-state index contributed by atoms with van der Waals surface area (Å²) in [4.78, 5) is 2.53. The third-order valence-corrected chi connectivity index (χ3v) is 16.4. The van der Waals surface area contributed by atoms with Crippen LogP contribution < -0.4 is 4.90 Å². The van der Waals surface area contributed by atoms with E-state index in [1.54, 1.807) is 0 Å². The van der Waals surface area contributed by atoms with E-state index in [0.717, 1.165) is 17.1 Å². The first kappa shape index (κ1) is 40.5. The summed E-state index contributed by atoms with van der Waals surface area (Å²) in [6.07, 6.45) is 0. The minimum atomic E-state index is -0.611. The maximum atomic E-state index is 2.53. The second kappa shape index (κ2) is 16.0. The number of thiophene rings is 1. The summed E-state index contributed by atoms with van der Waals surface area (Å²) in [5.74, 6) is 0. The number of hydrogen-bond donors (Lipinski definition) is 0. The van der Waals surface area contributed by atoms with Gasteiger partial charge in [0.2, 0.25) is 0 Å². The zero-order valence-corrected chi connectivity index (χ0v) is 39.2. The number of rotatable bonds is 8. The van der Waals surface area contributed by atoms with Gasteiger partial charge >= 0.3 is 0 Å². The maximum absolute atomic E-state index is 2.53. The minimum Gasteiger partial charge on any atom is -0.310 e. The highest BCUT2D eigenvalue weighted by atomic mass is 32.1. The van der Waals surface area contributed by atoms with E-state index in [1.807, 2.05) is 11.3 Å². The van der Waals surface area contributed by atoms with Gasteiger partial charge in [0.05, 0.1) is 16.5 Å². The number of nitrogens with zero attached hydrogens (tertiary/aromatic N) is 1. The van der Waals surface area contributed by atoms with Crippen LogP contribution in [0, 0.1) is 0 Å². The first-order valence-corrected chi connectivity index (χ1v) is 25.1. The molecular formula is C68H45NS. The molecule has 0 radical (unpaired) electrons. The number of fused-ring (bicyclic) bond motifs is 9. The fraction of sp³-hybridized carbons (Fsp3) is 0.0294. The van der Waals surface area contributed by atoms with E-state index in [0.29, 0.717) is 0 Å². The van der Waals surface area contributed by atoms with Crippen LogP contribution in [0.3, 0.4) is 0 Å². The highest BCUT2D eigenvalue weighted by molar-refractivity contribution is 7.25. The zero-order valence-electron chi connectivity index (χ0n) is 38.3. The van der Waals surface area contributed by atoms with Crippen molar-refractivity contribution in [2.24, 2.45) is 0 Å². The summed E-state index contributed by atoms with van der Waals surface area (Å²) < 4.78 is 2.62. The van der Waals surface area contributed by atoms with Gasteiger partial charge in [0.1, 0.15) is 0 Å². The molecule has 0 spiro atoms. The Morgan fingerprint density at radius 1 is 0.286 bits per heavy atom. The summed E-state index contributed by atoms with van der Waals surface area (Å²) in [6, 6.07) is 102. The Morgan fingerprint density at radius 3 is 1.40 bits per heavy atom. The van der Waals surface area contributed by atoms with Gasteiger partial charge in [-0.3, -0.25) is 0 Å². The maximum Gasteiger partial charge on any atom is 0.0734 e. The van der Waals surface area contributed by atoms with E-state index >= 15 is 0 Å². The molecule has 328 valence electrons. The molecule has 1 heterocycles. The van der Waals surface area contributed by atoms with E-state index in [2.05, 4.69) is 278 Å². The van der Waals surface area contributed by atoms with E-state index < -0.39 is 10.8 Å². The summed E-state index contributed by atoms with van der Waals surface area (Å²) in [6.45, 7) is 0. The molecule has 11 aromatic carbocycles. The second-order valence-electron chi connectivity index (χ2n) is 18.7. The molecule has 0 amide bonds. The van der Waals surface area contributed by atoms with Crippen LogP contribution in [-0.4, -0.2) is 0 Å². The Labute approximate surface area is 412 Å². The summed E-state index contributed by atoms with van der Waals surface area (Å²) in [5, 5.41) is 2.60. The van der Waals surface area contributed by atoms with Gasteiger partial charge in [0.15, 0.2) is 0 Å². The van der Waals surface area contributed by atoms with Gasteiger partial charge in [0, 0.05) is 37.1 Å². The molecule has 0 atom stereocenters. The lowest BCUT2D eigenvalue weighted by molar-refractivity contribution is 0.766. The monoisotopic (exact) mass is 907 g/mol. The molecule has 2 heteroatoms. The molecule has 0 unspecified atom stereocenters. The van der Waals surface area contributed by atoms with E-state index in [-0.39, 0.29) is 0 Å². The first-order chi connectivity index (χ1) is 34.7. The Bertz CT molecular complexity index is 3860. The minimum absolute atomic E-state index is 0.506. The van der Waals surface area contributed by atoms with Crippen LogP contribution in [0.15, 0.2) is 273 Å². The van der Waals surface area contributed by atoms with Crippen LogP contribution in [0.25, 0.3) is 53.6 Å². The van der Waals surface area contributed by atoms with E-state index in [4.69, 9.17) is 0 Å². The van der Waals surface area contributed by atoms with E-state index in [9.17, 15) is 0 Å². The second-order valence-corrected chi connectivity index (χ2v) is 19.8. The van der Waals surface area contributed by atoms with Gasteiger partial charge < -0.3 is 4.90 Å². The van der Waals surface area contributed by atoms with Crippen LogP contribution in [-0.2, 0) is 10.8 Å². The quantitative estimate of drug-likeness (QED) is 0.147. The molecule has 0 saturated carbocycles. The van der Waals surface area contributed by atoms with Crippen LogP contribution in [0.2, 0.25) is 0 Å². The van der Waals surface area contributed by atoms with Gasteiger partial charge in [-0.2, -0.15) is 0 Å². The fourth-order valence-electron chi connectivity index (χ4n) is 12.4. The van der Waals surface area contributed by atoms with Crippen molar-refractivity contribution >= 4 is 48.6 Å². The highest BCUT2D eigenvalue weighted by Crippen LogP contribution is 2.61. The third-order valence-electron chi connectivity index (χ3n) is 15.2. The van der Waals surface area contributed by atoms with Crippen molar-refractivity contribution in [3.8, 4) is 33.4 Å². The lowest BCUT2D eigenvalue weighted by Crippen LogP contribution is -2.30. The van der Waals surface area contributed by atoms with Crippen LogP contribution in [0.4, 0.5) is 17.1 Å². The van der Waals surface area contributed by atoms with Crippen molar-refractivity contribution in [1.82, 2.24) is 0 Å². The van der Waals surface area contributed by atoms with Crippen LogP contribution in [0.5, 0.6) is 0 Å². The van der Waals surface area contributed by atoms with Gasteiger partial charge in [-0.05, 0) is 121 Å². The number of anilines is 3. The van der Waals surface area contributed by atoms with Crippen molar-refractivity contribution in [2.75, 3.05) is 4.90 Å². The van der Waals surface area contributed by atoms with Crippen molar-refractivity contribution in [3.63, 3.8) is 0 Å². The van der Waals surface area contributed by atoms with Crippen LogP contribution >= 0.6 is 11.3 Å². The SMILES string of the molecule is c1ccc(C2(c3ccc(N(c4cccc(-c5ccc6sc7ccccc7c6c5)c4)c4cccc5c4C(c4ccccc4)(c4ccccc4)c4ccccc4-5)cc3)c3ccccc3-c3ccccc32)cc1. The smallest absolute Gasteiger partial charge is 0.0734 e. The Morgan fingerprint density at radius 2 is 0.757 bits per heavy atom. The molecule has 70 heavy (non-hydrogen) atoms. The Kier molecular flexibility index (Phi) is 9.27. The first-order valence-electron chi connectivity index (χ1n) is 24.2. The average molecular weight is 908 g/mol. The molecule has 0 N–H and O–H groups in total. The van der Waals surface area contributed by atoms with E-state index in [1.165, 1.54) is 98.1 Å². The molecule has 1 nitrogen and oxygen atoms in total. The van der Waals surface area contributed by atoms with Gasteiger partial charge in [-0.1, -0.05) is 224 Å². The molecule has 0 bridgehead atoms. The van der Waals surface area contributed by atoms with Crippen molar-refractivity contribution < 1.29 is 0 Å². The molecule has 1 aromatic heterocycles. The van der Waals surface area contributed by atoms with Crippen molar-refractivity contribution in [2.45, 2.75) is 10.8 Å². The normalized spacial score (nSPS) is 13.7. The Hall–Kier alpha value is -8.56. The molecule has 0 fully saturated rings. The molecular weight excluding hydrogens is 863 g/mol. The molecule has 0 aliphatic heterocycles. The lowest BCUT2D eigenvalue weighted by Gasteiger charge is -2.38. The topological polar surface area (TPSA) is 3.24 Å². The molecule has 14 rings (SSSR count). The highest BCUT2D eigenvalue weighted by Gasteiger charge is 2.49. The fourth-order valence-corrected chi connectivity index (χ4v) is 13.5. The zero-order chi connectivity index (χ0) is 46.2. The van der Waals surface area contributed by atoms with Gasteiger partial charge in [0.25, 0.3) is 0 Å². The molecule has 2 aliphatic carbocycles. The average Bonchev–Trinajstić information content (AvgIpc) is 4.08. The van der Waals surface area contributed by atoms with Crippen molar-refractivity contribution in [1.29, 1.82) is 0 Å². The predicted octanol–water partition coefficient (Wildman–Crippen LogP) is 17.9. The lowest BCUT2D eigenvalue weighted by atomic mass is 9.67. The largest absolute Gasteiger partial charge is 0.310 e. The summed E-state index contributed by atoms with van der Waals surface area (Å²) >= 11 is 1.86. The molecule has 2 aliphatic rings. The summed E-state index contributed by atoms with van der Waals surface area (Å²) in [5.41, 5.74) is 19.8. The van der Waals surface area contributed by atoms with Gasteiger partial charge in [-0.25, -0.2) is 0 Å².